The van der Waals surface area contributed by atoms with Gasteiger partial charge in [0.2, 0.25) is 11.6 Å². The SMILES string of the molecule is COc1c(F)c(F)c(-c2c3cc(F)ccc3c(-c3ccc(F)cc3F)c3c(F)ccc(F)c23)c(F)c1F. The highest BCUT2D eigenvalue weighted by Crippen LogP contribution is 2.48. The second-order valence-corrected chi connectivity index (χ2v) is 8.01. The van der Waals surface area contributed by atoms with Crippen molar-refractivity contribution < 1.29 is 44.3 Å². The van der Waals surface area contributed by atoms with Gasteiger partial charge in [-0.1, -0.05) is 6.07 Å². The van der Waals surface area contributed by atoms with Crippen LogP contribution in [0, 0.1) is 52.4 Å². The first-order chi connectivity index (χ1) is 17.6. The molecule has 0 aliphatic heterocycles. The molecule has 0 atom stereocenters. The van der Waals surface area contributed by atoms with E-state index in [1.54, 1.807) is 0 Å². The van der Waals surface area contributed by atoms with Crippen LogP contribution in [0.4, 0.5) is 39.5 Å². The van der Waals surface area contributed by atoms with Gasteiger partial charge < -0.3 is 4.74 Å². The summed E-state index contributed by atoms with van der Waals surface area (Å²) in [5, 5.41) is -2.46. The molecule has 0 spiro atoms. The summed E-state index contributed by atoms with van der Waals surface area (Å²) in [4.78, 5) is 0. The van der Waals surface area contributed by atoms with Gasteiger partial charge in [-0.05, 0) is 47.2 Å². The fourth-order valence-corrected chi connectivity index (χ4v) is 4.49. The molecule has 5 aromatic carbocycles. The first kappa shape index (κ1) is 24.5. The lowest BCUT2D eigenvalue weighted by Gasteiger charge is -2.20. The lowest BCUT2D eigenvalue weighted by molar-refractivity contribution is 0.334. The molecule has 0 unspecified atom stereocenters. The Morgan fingerprint density at radius 2 is 1.03 bits per heavy atom. The number of fused-ring (bicyclic) bond motifs is 2. The summed E-state index contributed by atoms with van der Waals surface area (Å²) in [7, 11) is 0.751. The molecule has 0 aromatic heterocycles. The Kier molecular flexibility index (Phi) is 5.77. The third-order valence-electron chi connectivity index (χ3n) is 6.00. The number of rotatable bonds is 3. The molecule has 0 N–H and O–H groups in total. The van der Waals surface area contributed by atoms with E-state index in [0.717, 1.165) is 31.4 Å². The first-order valence-corrected chi connectivity index (χ1v) is 10.4. The molecule has 37 heavy (non-hydrogen) atoms. The smallest absolute Gasteiger partial charge is 0.204 e. The normalized spacial score (nSPS) is 11.5. The number of ether oxygens (including phenoxy) is 1. The van der Waals surface area contributed by atoms with E-state index < -0.39 is 96.5 Å². The topological polar surface area (TPSA) is 9.23 Å². The van der Waals surface area contributed by atoms with E-state index in [1.165, 1.54) is 0 Å². The van der Waals surface area contributed by atoms with Gasteiger partial charge in [-0.25, -0.2) is 30.7 Å². The molecule has 188 valence electrons. The van der Waals surface area contributed by atoms with Crippen LogP contribution in [0.5, 0.6) is 5.75 Å². The van der Waals surface area contributed by atoms with Gasteiger partial charge in [-0.3, -0.25) is 0 Å². The van der Waals surface area contributed by atoms with Crippen LogP contribution >= 0.6 is 0 Å². The van der Waals surface area contributed by atoms with Crippen molar-refractivity contribution in [2.24, 2.45) is 0 Å². The minimum Gasteiger partial charge on any atom is -0.491 e. The largest absolute Gasteiger partial charge is 0.491 e. The van der Waals surface area contributed by atoms with Crippen molar-refractivity contribution in [3.63, 3.8) is 0 Å². The van der Waals surface area contributed by atoms with E-state index in [4.69, 9.17) is 0 Å². The van der Waals surface area contributed by atoms with E-state index in [0.29, 0.717) is 24.3 Å². The zero-order valence-electron chi connectivity index (χ0n) is 18.4. The molecule has 1 nitrogen and oxygen atoms in total. The second-order valence-electron chi connectivity index (χ2n) is 8.01. The molecule has 10 heteroatoms. The van der Waals surface area contributed by atoms with Crippen LogP contribution in [0.25, 0.3) is 43.8 Å². The number of halogens is 9. The minimum atomic E-state index is -2.02. The average molecular weight is 522 g/mol. The van der Waals surface area contributed by atoms with Gasteiger partial charge in [0.05, 0.1) is 12.7 Å². The minimum absolute atomic E-state index is 0.269. The summed E-state index contributed by atoms with van der Waals surface area (Å²) >= 11 is 0. The molecule has 0 radical (unpaired) electrons. The van der Waals surface area contributed by atoms with Crippen molar-refractivity contribution in [1.82, 2.24) is 0 Å². The van der Waals surface area contributed by atoms with Crippen LogP contribution in [-0.2, 0) is 0 Å². The van der Waals surface area contributed by atoms with Crippen molar-refractivity contribution in [2.75, 3.05) is 7.11 Å². The zero-order valence-corrected chi connectivity index (χ0v) is 18.4. The van der Waals surface area contributed by atoms with Crippen molar-refractivity contribution in [2.45, 2.75) is 0 Å². The molecule has 0 amide bonds. The summed E-state index contributed by atoms with van der Waals surface area (Å²) in [6.45, 7) is 0. The molecule has 0 heterocycles. The molecule has 0 aliphatic rings. The van der Waals surface area contributed by atoms with E-state index in [-0.39, 0.29) is 5.39 Å². The Labute approximate surface area is 202 Å². The summed E-state index contributed by atoms with van der Waals surface area (Å²) in [6, 6.07) is 5.93. The highest BCUT2D eigenvalue weighted by atomic mass is 19.2. The maximum Gasteiger partial charge on any atom is 0.204 e. The predicted octanol–water partition coefficient (Wildman–Crippen LogP) is 8.59. The maximum absolute atomic E-state index is 15.3. The summed E-state index contributed by atoms with van der Waals surface area (Å²) in [6.07, 6.45) is 0. The third-order valence-corrected chi connectivity index (χ3v) is 6.00. The maximum atomic E-state index is 15.3. The van der Waals surface area contributed by atoms with E-state index in [1.807, 2.05) is 0 Å². The van der Waals surface area contributed by atoms with E-state index in [9.17, 15) is 22.0 Å². The molecule has 0 fully saturated rings. The van der Waals surface area contributed by atoms with Crippen molar-refractivity contribution in [3.05, 3.63) is 101 Å². The van der Waals surface area contributed by atoms with Crippen molar-refractivity contribution in [1.29, 1.82) is 0 Å². The summed E-state index contributed by atoms with van der Waals surface area (Å²) in [5.74, 6) is -15.1. The van der Waals surface area contributed by atoms with Gasteiger partial charge in [-0.2, -0.15) is 8.78 Å². The van der Waals surface area contributed by atoms with E-state index in [2.05, 4.69) is 4.74 Å². The standard InChI is InChI=1S/C27H11F9O/c1-37-27-25(35)23(33)22(24(34)26(27)36)19-14-8-10(28)2-4-12(14)18(13-5-3-11(29)9-17(13)32)20-15(30)6-7-16(31)21(19)20/h2-9H,1H3. The molecule has 0 saturated carbocycles. The van der Waals surface area contributed by atoms with Gasteiger partial charge in [0.15, 0.2) is 17.4 Å². The van der Waals surface area contributed by atoms with E-state index >= 15 is 17.6 Å². The number of hydrogen-bond donors (Lipinski definition) is 0. The molecule has 0 aliphatic carbocycles. The second kappa shape index (κ2) is 8.72. The number of hydrogen-bond acceptors (Lipinski definition) is 1. The Bertz CT molecular complexity index is 1730. The lowest BCUT2D eigenvalue weighted by Crippen LogP contribution is -2.06. The van der Waals surface area contributed by atoms with Gasteiger partial charge >= 0.3 is 0 Å². The molecular weight excluding hydrogens is 511 g/mol. The van der Waals surface area contributed by atoms with Crippen LogP contribution in [0.1, 0.15) is 0 Å². The summed E-state index contributed by atoms with van der Waals surface area (Å²) in [5.41, 5.74) is -3.25. The lowest BCUT2D eigenvalue weighted by atomic mass is 9.85. The third kappa shape index (κ3) is 3.58. The molecule has 5 rings (SSSR count). The average Bonchev–Trinajstić information content (AvgIpc) is 2.85. The van der Waals surface area contributed by atoms with Gasteiger partial charge in [-0.15, -0.1) is 0 Å². The highest BCUT2D eigenvalue weighted by Gasteiger charge is 2.32. The monoisotopic (exact) mass is 522 g/mol. The number of methoxy groups -OCH3 is 1. The van der Waals surface area contributed by atoms with Gasteiger partial charge in [0.1, 0.15) is 29.1 Å². The number of benzene rings is 5. The van der Waals surface area contributed by atoms with Crippen LogP contribution in [-0.4, -0.2) is 7.11 Å². The van der Waals surface area contributed by atoms with Gasteiger partial charge in [0.25, 0.3) is 0 Å². The van der Waals surface area contributed by atoms with Crippen molar-refractivity contribution >= 4 is 21.5 Å². The molecule has 5 aromatic rings. The highest BCUT2D eigenvalue weighted by molar-refractivity contribution is 6.21. The molecule has 0 saturated heterocycles. The Hall–Kier alpha value is -4.21. The first-order valence-electron chi connectivity index (χ1n) is 10.4. The van der Waals surface area contributed by atoms with Gasteiger partial charge in [0, 0.05) is 33.5 Å². The van der Waals surface area contributed by atoms with Crippen molar-refractivity contribution in [3.8, 4) is 28.0 Å². The molecular formula is C27H11F9O. The van der Waals surface area contributed by atoms with Crippen LogP contribution in [0.2, 0.25) is 0 Å². The van der Waals surface area contributed by atoms with Crippen LogP contribution in [0.3, 0.4) is 0 Å². The summed E-state index contributed by atoms with van der Waals surface area (Å²) < 4.78 is 138. The fourth-order valence-electron chi connectivity index (χ4n) is 4.49. The van der Waals surface area contributed by atoms with Crippen LogP contribution in [0.15, 0.2) is 48.5 Å². The fraction of sp³-hybridized carbons (Fsp3) is 0.0370. The Morgan fingerprint density at radius 3 is 1.59 bits per heavy atom. The van der Waals surface area contributed by atoms with Crippen LogP contribution < -0.4 is 4.74 Å². The Balaban J connectivity index is 2.12. The predicted molar refractivity (Wildman–Crippen MR) is 119 cm³/mol. The zero-order chi connectivity index (χ0) is 26.8. The quantitative estimate of drug-likeness (QED) is 0.131. The molecule has 0 bridgehead atoms. The Morgan fingerprint density at radius 1 is 0.486 bits per heavy atom.